The van der Waals surface area contributed by atoms with Crippen LogP contribution < -0.4 is 5.73 Å². The van der Waals surface area contributed by atoms with Gasteiger partial charge in [-0.3, -0.25) is 0 Å². The van der Waals surface area contributed by atoms with E-state index in [1.165, 1.54) is 6.07 Å². The maximum atomic E-state index is 12.9. The Morgan fingerprint density at radius 3 is 1.93 bits per heavy atom. The highest BCUT2D eigenvalue weighted by Gasteiger charge is 2.23. The summed E-state index contributed by atoms with van der Waals surface area (Å²) in [4.78, 5) is 0. The number of nitrogens with zero attached hydrogens (tertiary/aromatic N) is 1. The van der Waals surface area contributed by atoms with Crippen molar-refractivity contribution in [3.63, 3.8) is 0 Å². The number of nitrogens with two attached hydrogens (primary N) is 1. The first kappa shape index (κ1) is 10.5. The lowest BCUT2D eigenvalue weighted by atomic mass is 10.1. The molecule has 0 saturated carbocycles. The summed E-state index contributed by atoms with van der Waals surface area (Å²) >= 11 is 0. The van der Waals surface area contributed by atoms with E-state index in [-0.39, 0.29) is 6.07 Å². The first-order chi connectivity index (χ1) is 6.49. The van der Waals surface area contributed by atoms with Crippen molar-refractivity contribution >= 4 is 0 Å². The van der Waals surface area contributed by atoms with E-state index in [1.54, 1.807) is 0 Å². The van der Waals surface area contributed by atoms with Crippen molar-refractivity contribution in [3.8, 4) is 6.07 Å². The molecular formula is C8H4F4N2. The predicted molar refractivity (Wildman–Crippen MR) is 38.8 cm³/mol. The third-order valence-corrected chi connectivity index (χ3v) is 1.60. The Bertz CT molecular complexity index is 385. The highest BCUT2D eigenvalue weighted by Crippen LogP contribution is 2.23. The van der Waals surface area contributed by atoms with Gasteiger partial charge in [-0.05, 0) is 0 Å². The molecule has 0 spiro atoms. The monoisotopic (exact) mass is 204 g/mol. The van der Waals surface area contributed by atoms with Crippen LogP contribution in [0.3, 0.4) is 0 Å². The smallest absolute Gasteiger partial charge is 0.167 e. The van der Waals surface area contributed by atoms with Crippen molar-refractivity contribution in [1.82, 2.24) is 0 Å². The van der Waals surface area contributed by atoms with Gasteiger partial charge in [0.25, 0.3) is 0 Å². The predicted octanol–water partition coefficient (Wildman–Crippen LogP) is 1.77. The van der Waals surface area contributed by atoms with Gasteiger partial charge in [-0.15, -0.1) is 0 Å². The van der Waals surface area contributed by atoms with Gasteiger partial charge in [-0.25, -0.2) is 17.6 Å². The second kappa shape index (κ2) is 3.64. The van der Waals surface area contributed by atoms with Gasteiger partial charge in [0.15, 0.2) is 23.3 Å². The fourth-order valence-electron chi connectivity index (χ4n) is 0.929. The Morgan fingerprint density at radius 2 is 1.57 bits per heavy atom. The SMILES string of the molecule is N#CC(N)c1c(F)c(F)cc(F)c1F. The van der Waals surface area contributed by atoms with Crippen LogP contribution in [0.25, 0.3) is 0 Å². The molecule has 0 aromatic heterocycles. The molecule has 1 atom stereocenters. The minimum absolute atomic E-state index is 0.0538. The lowest BCUT2D eigenvalue weighted by Crippen LogP contribution is -2.14. The maximum absolute atomic E-state index is 12.9. The number of rotatable bonds is 1. The van der Waals surface area contributed by atoms with Gasteiger partial charge in [0, 0.05) is 6.07 Å². The van der Waals surface area contributed by atoms with Crippen LogP contribution in [0.5, 0.6) is 0 Å². The van der Waals surface area contributed by atoms with Crippen molar-refractivity contribution in [2.24, 2.45) is 5.73 Å². The van der Waals surface area contributed by atoms with E-state index in [0.29, 0.717) is 0 Å². The average Bonchev–Trinajstić information content (AvgIpc) is 2.15. The summed E-state index contributed by atoms with van der Waals surface area (Å²) in [5.74, 6) is -6.44. The van der Waals surface area contributed by atoms with E-state index in [2.05, 4.69) is 0 Å². The van der Waals surface area contributed by atoms with Gasteiger partial charge in [-0.1, -0.05) is 0 Å². The van der Waals surface area contributed by atoms with E-state index in [4.69, 9.17) is 11.0 Å². The van der Waals surface area contributed by atoms with E-state index in [9.17, 15) is 17.6 Å². The standard InChI is InChI=1S/C8H4F4N2/c9-3-1-4(10)8(12)6(7(3)11)5(14)2-13/h1,5H,14H2. The lowest BCUT2D eigenvalue weighted by Gasteiger charge is -2.07. The molecule has 0 fully saturated rings. The van der Waals surface area contributed by atoms with Crippen LogP contribution in [0, 0.1) is 34.6 Å². The number of hydrogen-bond acceptors (Lipinski definition) is 2. The molecule has 1 unspecified atom stereocenters. The Kier molecular flexibility index (Phi) is 2.72. The molecule has 2 N–H and O–H groups in total. The first-order valence-electron chi connectivity index (χ1n) is 3.47. The molecule has 14 heavy (non-hydrogen) atoms. The molecule has 2 nitrogen and oxygen atoms in total. The normalized spacial score (nSPS) is 12.3. The second-order valence-electron chi connectivity index (χ2n) is 2.49. The first-order valence-corrected chi connectivity index (χ1v) is 3.47. The van der Waals surface area contributed by atoms with E-state index in [0.717, 1.165) is 0 Å². The minimum Gasteiger partial charge on any atom is -0.312 e. The summed E-state index contributed by atoms with van der Waals surface area (Å²) < 4.78 is 50.9. The summed E-state index contributed by atoms with van der Waals surface area (Å²) in [5, 5.41) is 8.27. The van der Waals surface area contributed by atoms with Crippen LogP contribution in [0.2, 0.25) is 0 Å². The largest absolute Gasteiger partial charge is 0.312 e. The number of benzene rings is 1. The summed E-state index contributed by atoms with van der Waals surface area (Å²) in [6, 6.07) is -0.400. The fraction of sp³-hybridized carbons (Fsp3) is 0.125. The molecule has 1 rings (SSSR count). The zero-order valence-corrected chi connectivity index (χ0v) is 6.69. The molecule has 0 amide bonds. The lowest BCUT2D eigenvalue weighted by molar-refractivity contribution is 0.435. The van der Waals surface area contributed by atoms with Crippen LogP contribution in [0.15, 0.2) is 6.07 Å². The third kappa shape index (κ3) is 1.54. The van der Waals surface area contributed by atoms with E-state index >= 15 is 0 Å². The van der Waals surface area contributed by atoms with Crippen LogP contribution in [0.1, 0.15) is 11.6 Å². The zero-order chi connectivity index (χ0) is 10.9. The molecule has 1 aromatic rings. The van der Waals surface area contributed by atoms with Gasteiger partial charge in [0.2, 0.25) is 0 Å². The van der Waals surface area contributed by atoms with Crippen molar-refractivity contribution in [2.45, 2.75) is 6.04 Å². The zero-order valence-electron chi connectivity index (χ0n) is 6.69. The highest BCUT2D eigenvalue weighted by atomic mass is 19.2. The number of hydrogen-bond donors (Lipinski definition) is 1. The molecular weight excluding hydrogens is 200 g/mol. The van der Waals surface area contributed by atoms with Crippen LogP contribution in [0.4, 0.5) is 17.6 Å². The van der Waals surface area contributed by atoms with Crippen LogP contribution in [-0.2, 0) is 0 Å². The fourth-order valence-corrected chi connectivity index (χ4v) is 0.929. The molecule has 74 valence electrons. The van der Waals surface area contributed by atoms with E-state index in [1.807, 2.05) is 0 Å². The van der Waals surface area contributed by atoms with Crippen molar-refractivity contribution in [1.29, 1.82) is 5.26 Å². The molecule has 0 heterocycles. The van der Waals surface area contributed by atoms with Crippen molar-refractivity contribution in [3.05, 3.63) is 34.9 Å². The van der Waals surface area contributed by atoms with Gasteiger partial charge in [-0.2, -0.15) is 5.26 Å². The molecule has 0 aliphatic rings. The van der Waals surface area contributed by atoms with E-state index < -0.39 is 34.9 Å². The highest BCUT2D eigenvalue weighted by molar-refractivity contribution is 5.28. The Hall–Kier alpha value is -1.61. The van der Waals surface area contributed by atoms with Gasteiger partial charge in [0.05, 0.1) is 11.6 Å². The number of nitriles is 1. The summed E-state index contributed by atoms with van der Waals surface area (Å²) in [6.07, 6.45) is 0. The topological polar surface area (TPSA) is 49.8 Å². The average molecular weight is 204 g/mol. The summed E-state index contributed by atoms with van der Waals surface area (Å²) in [5.41, 5.74) is 3.87. The molecule has 0 bridgehead atoms. The molecule has 1 aromatic carbocycles. The van der Waals surface area contributed by atoms with Crippen molar-refractivity contribution < 1.29 is 17.6 Å². The summed E-state index contributed by atoms with van der Waals surface area (Å²) in [7, 11) is 0. The number of halogens is 4. The van der Waals surface area contributed by atoms with Gasteiger partial charge < -0.3 is 5.73 Å². The summed E-state index contributed by atoms with van der Waals surface area (Å²) in [6.45, 7) is 0. The Morgan fingerprint density at radius 1 is 1.14 bits per heavy atom. The van der Waals surface area contributed by atoms with Crippen molar-refractivity contribution in [2.75, 3.05) is 0 Å². The Balaban J connectivity index is 3.49. The molecule has 0 aliphatic carbocycles. The minimum atomic E-state index is -1.74. The van der Waals surface area contributed by atoms with Gasteiger partial charge >= 0.3 is 0 Å². The molecule has 0 saturated heterocycles. The molecule has 6 heteroatoms. The quantitative estimate of drug-likeness (QED) is 0.559. The Labute approximate surface area is 76.6 Å². The van der Waals surface area contributed by atoms with Gasteiger partial charge in [0.1, 0.15) is 6.04 Å². The molecule has 0 aliphatic heterocycles. The second-order valence-corrected chi connectivity index (χ2v) is 2.49. The molecule has 0 radical (unpaired) electrons. The maximum Gasteiger partial charge on any atom is 0.167 e. The van der Waals surface area contributed by atoms with Crippen LogP contribution in [-0.4, -0.2) is 0 Å². The third-order valence-electron chi connectivity index (χ3n) is 1.60. The van der Waals surface area contributed by atoms with Crippen LogP contribution >= 0.6 is 0 Å².